The Morgan fingerprint density at radius 3 is 2.57 bits per heavy atom. The molecule has 0 bridgehead atoms. The minimum Gasteiger partial charge on any atom is -0.378 e. The molecule has 0 aliphatic heterocycles. The van der Waals surface area contributed by atoms with Gasteiger partial charge in [-0.1, -0.05) is 18.1 Å². The van der Waals surface area contributed by atoms with Crippen LogP contribution in [0.5, 0.6) is 0 Å². The van der Waals surface area contributed by atoms with E-state index in [-0.39, 0.29) is 5.82 Å². The highest BCUT2D eigenvalue weighted by molar-refractivity contribution is 5.98. The van der Waals surface area contributed by atoms with Gasteiger partial charge in [-0.15, -0.1) is 5.10 Å². The van der Waals surface area contributed by atoms with E-state index in [1.807, 2.05) is 13.8 Å². The molecule has 2 aromatic rings. The maximum atomic E-state index is 5.69. The van der Waals surface area contributed by atoms with Gasteiger partial charge in [0.25, 0.3) is 0 Å². The van der Waals surface area contributed by atoms with Crippen LogP contribution in [0.3, 0.4) is 0 Å². The van der Waals surface area contributed by atoms with E-state index in [9.17, 15) is 0 Å². The molecule has 2 heterocycles. The first-order valence-corrected chi connectivity index (χ1v) is 7.78. The largest absolute Gasteiger partial charge is 0.378 e. The topological polar surface area (TPSA) is 120 Å². The van der Waals surface area contributed by atoms with Gasteiger partial charge >= 0.3 is 0 Å². The zero-order valence-corrected chi connectivity index (χ0v) is 13.4. The highest BCUT2D eigenvalue weighted by atomic mass is 16.6. The smallest absolute Gasteiger partial charge is 0.243 e. The van der Waals surface area contributed by atoms with Crippen LogP contribution in [-0.4, -0.2) is 36.7 Å². The van der Waals surface area contributed by atoms with Gasteiger partial charge in [0, 0.05) is 5.71 Å². The third kappa shape index (κ3) is 3.27. The van der Waals surface area contributed by atoms with Crippen molar-refractivity contribution in [3.8, 4) is 5.82 Å². The number of hydrogen-bond donors (Lipinski definition) is 1. The summed E-state index contributed by atoms with van der Waals surface area (Å²) in [6.07, 6.45) is 7.01. The van der Waals surface area contributed by atoms with Crippen LogP contribution in [-0.2, 0) is 0 Å². The van der Waals surface area contributed by atoms with Crippen molar-refractivity contribution in [3.05, 3.63) is 11.4 Å². The number of aromatic nitrogens is 5. The molecule has 0 atom stereocenters. The zero-order chi connectivity index (χ0) is 16.2. The van der Waals surface area contributed by atoms with Crippen LogP contribution < -0.4 is 5.73 Å². The molecule has 0 unspecified atom stereocenters. The van der Waals surface area contributed by atoms with Gasteiger partial charge in [0.15, 0.2) is 0 Å². The second-order valence-electron chi connectivity index (χ2n) is 5.67. The predicted molar refractivity (Wildman–Crippen MR) is 85.7 cm³/mol. The summed E-state index contributed by atoms with van der Waals surface area (Å²) in [5.41, 5.74) is 8.98. The molecule has 1 aliphatic rings. The van der Waals surface area contributed by atoms with E-state index in [2.05, 4.69) is 35.5 Å². The Labute approximate surface area is 133 Å². The molecule has 9 nitrogen and oxygen atoms in total. The number of rotatable bonds is 3. The fraction of sp³-hybridized carbons (Fsp3) is 0.571. The minimum atomic E-state index is 0.165. The standard InChI is InChI=1S/C14H20N8O/c1-9(16-17-11-7-5-3-4-6-8-11)12-10(2)22(21-18-12)14-13(15)19-23-20-14/h3-8H2,1-2H3,(H2,15,19). The molecular weight excluding hydrogens is 296 g/mol. The Kier molecular flexibility index (Phi) is 4.45. The van der Waals surface area contributed by atoms with Crippen LogP contribution in [0.4, 0.5) is 5.82 Å². The van der Waals surface area contributed by atoms with Gasteiger partial charge in [-0.3, -0.25) is 0 Å². The Balaban J connectivity index is 1.84. The molecule has 0 radical (unpaired) electrons. The maximum Gasteiger partial charge on any atom is 0.243 e. The summed E-state index contributed by atoms with van der Waals surface area (Å²) in [4.78, 5) is 0. The van der Waals surface area contributed by atoms with Gasteiger partial charge in [-0.05, 0) is 49.8 Å². The van der Waals surface area contributed by atoms with Crippen molar-refractivity contribution in [1.29, 1.82) is 0 Å². The minimum absolute atomic E-state index is 0.165. The van der Waals surface area contributed by atoms with Crippen LogP contribution >= 0.6 is 0 Å². The fourth-order valence-electron chi connectivity index (χ4n) is 2.63. The molecule has 0 spiro atoms. The summed E-state index contributed by atoms with van der Waals surface area (Å²) < 4.78 is 6.08. The fourth-order valence-corrected chi connectivity index (χ4v) is 2.63. The van der Waals surface area contributed by atoms with E-state index in [1.165, 1.54) is 30.4 Å². The normalized spacial score (nSPS) is 16.4. The molecule has 0 amide bonds. The third-order valence-electron chi connectivity index (χ3n) is 3.96. The van der Waals surface area contributed by atoms with Crippen molar-refractivity contribution >= 4 is 17.2 Å². The maximum absolute atomic E-state index is 5.69. The van der Waals surface area contributed by atoms with Crippen molar-refractivity contribution in [2.75, 3.05) is 5.73 Å². The lowest BCUT2D eigenvalue weighted by Crippen LogP contribution is -2.05. The second-order valence-corrected chi connectivity index (χ2v) is 5.67. The lowest BCUT2D eigenvalue weighted by atomic mass is 10.2. The van der Waals surface area contributed by atoms with Crippen LogP contribution in [0.15, 0.2) is 14.8 Å². The van der Waals surface area contributed by atoms with Crippen molar-refractivity contribution in [2.45, 2.75) is 52.4 Å². The van der Waals surface area contributed by atoms with Crippen molar-refractivity contribution in [1.82, 2.24) is 25.3 Å². The van der Waals surface area contributed by atoms with Crippen molar-refractivity contribution in [3.63, 3.8) is 0 Å². The quantitative estimate of drug-likeness (QED) is 0.525. The van der Waals surface area contributed by atoms with Gasteiger partial charge in [0.05, 0.1) is 11.4 Å². The van der Waals surface area contributed by atoms with Gasteiger partial charge in [-0.2, -0.15) is 14.9 Å². The molecule has 1 aliphatic carbocycles. The zero-order valence-electron chi connectivity index (χ0n) is 13.4. The van der Waals surface area contributed by atoms with Crippen molar-refractivity contribution < 1.29 is 4.63 Å². The van der Waals surface area contributed by atoms with Crippen molar-refractivity contribution in [2.24, 2.45) is 10.2 Å². The number of hydrogen-bond acceptors (Lipinski definition) is 8. The van der Waals surface area contributed by atoms with E-state index < -0.39 is 0 Å². The Morgan fingerprint density at radius 1 is 1.17 bits per heavy atom. The van der Waals surface area contributed by atoms with E-state index in [0.717, 1.165) is 24.2 Å². The molecule has 9 heteroatoms. The number of anilines is 1. The predicted octanol–water partition coefficient (Wildman–Crippen LogP) is 2.06. The first-order valence-electron chi connectivity index (χ1n) is 7.78. The summed E-state index contributed by atoms with van der Waals surface area (Å²) >= 11 is 0. The van der Waals surface area contributed by atoms with Crippen LogP contribution in [0.2, 0.25) is 0 Å². The molecule has 1 fully saturated rings. The molecule has 0 saturated heterocycles. The van der Waals surface area contributed by atoms with Crippen LogP contribution in [0, 0.1) is 6.92 Å². The van der Waals surface area contributed by atoms with Crippen LogP contribution in [0.1, 0.15) is 56.8 Å². The Hall–Kier alpha value is -2.58. The van der Waals surface area contributed by atoms with E-state index in [1.54, 1.807) is 0 Å². The molecule has 2 N–H and O–H groups in total. The summed E-state index contributed by atoms with van der Waals surface area (Å²) in [6.45, 7) is 3.73. The van der Waals surface area contributed by atoms with E-state index in [0.29, 0.717) is 17.2 Å². The highest BCUT2D eigenvalue weighted by Crippen LogP contribution is 2.17. The van der Waals surface area contributed by atoms with E-state index >= 15 is 0 Å². The second kappa shape index (κ2) is 6.67. The van der Waals surface area contributed by atoms with Gasteiger partial charge < -0.3 is 5.73 Å². The molecular formula is C14H20N8O. The average Bonchev–Trinajstić information content (AvgIpc) is 3.02. The van der Waals surface area contributed by atoms with Gasteiger partial charge in [-0.25, -0.2) is 4.63 Å². The lowest BCUT2D eigenvalue weighted by Gasteiger charge is -2.00. The molecule has 0 aromatic carbocycles. The summed E-state index contributed by atoms with van der Waals surface area (Å²) in [5.74, 6) is 0.488. The summed E-state index contributed by atoms with van der Waals surface area (Å²) in [7, 11) is 0. The average molecular weight is 316 g/mol. The summed E-state index contributed by atoms with van der Waals surface area (Å²) in [5, 5.41) is 24.2. The monoisotopic (exact) mass is 316 g/mol. The van der Waals surface area contributed by atoms with Gasteiger partial charge in [0.1, 0.15) is 5.69 Å². The number of nitrogens with zero attached hydrogens (tertiary/aromatic N) is 7. The van der Waals surface area contributed by atoms with Crippen LogP contribution in [0.25, 0.3) is 5.82 Å². The van der Waals surface area contributed by atoms with Gasteiger partial charge in [0.2, 0.25) is 11.6 Å². The third-order valence-corrected chi connectivity index (χ3v) is 3.96. The molecule has 2 aromatic heterocycles. The number of nitrogen functional groups attached to an aromatic ring is 1. The number of nitrogens with two attached hydrogens (primary N) is 1. The Morgan fingerprint density at radius 2 is 1.91 bits per heavy atom. The molecule has 23 heavy (non-hydrogen) atoms. The lowest BCUT2D eigenvalue weighted by molar-refractivity contribution is 0.306. The SMILES string of the molecule is CC(=NN=C1CCCCCC1)c1nnn(-c2nonc2N)c1C. The summed E-state index contributed by atoms with van der Waals surface area (Å²) in [6, 6.07) is 0. The molecule has 1 saturated carbocycles. The Bertz CT molecular complexity index is 732. The first-order chi connectivity index (χ1) is 11.2. The highest BCUT2D eigenvalue weighted by Gasteiger charge is 2.17. The first kappa shape index (κ1) is 15.3. The molecule has 122 valence electrons. The van der Waals surface area contributed by atoms with E-state index in [4.69, 9.17) is 5.73 Å². The molecule has 3 rings (SSSR count).